The summed E-state index contributed by atoms with van der Waals surface area (Å²) in [5, 5.41) is 18.0. The molecule has 0 aliphatic carbocycles. The van der Waals surface area contributed by atoms with Crippen LogP contribution in [0.15, 0.2) is 24.3 Å². The summed E-state index contributed by atoms with van der Waals surface area (Å²) < 4.78 is 5.25. The Hall–Kier alpha value is -2.04. The highest BCUT2D eigenvalue weighted by atomic mass is 16.5. The van der Waals surface area contributed by atoms with Gasteiger partial charge < -0.3 is 14.9 Å². The lowest BCUT2D eigenvalue weighted by molar-refractivity contribution is -0.149. The molecule has 0 aliphatic heterocycles. The molecule has 0 aliphatic rings. The van der Waals surface area contributed by atoms with Crippen LogP contribution in [-0.4, -0.2) is 28.8 Å². The van der Waals surface area contributed by atoms with Crippen LogP contribution in [0.4, 0.5) is 0 Å². The lowest BCUT2D eigenvalue weighted by Crippen LogP contribution is -2.34. The molecular formula is C13H16O5. The maximum Gasteiger partial charge on any atom is 0.314 e. The van der Waals surface area contributed by atoms with Gasteiger partial charge in [-0.1, -0.05) is 12.1 Å². The molecule has 1 unspecified atom stereocenters. The molecule has 1 aromatic rings. The van der Waals surface area contributed by atoms with Gasteiger partial charge in [-0.15, -0.1) is 0 Å². The monoisotopic (exact) mass is 252 g/mol. The van der Waals surface area contributed by atoms with Crippen molar-refractivity contribution in [3.05, 3.63) is 29.8 Å². The van der Waals surface area contributed by atoms with Crippen LogP contribution in [0.5, 0.6) is 5.75 Å². The summed E-state index contributed by atoms with van der Waals surface area (Å²) in [6.07, 6.45) is -0.462. The number of hydrogen-bond acceptors (Lipinski definition) is 3. The van der Waals surface area contributed by atoms with E-state index in [0.717, 1.165) is 0 Å². The number of ether oxygens (including phenoxy) is 1. The zero-order valence-electron chi connectivity index (χ0n) is 10.3. The number of carbonyl (C=O) groups is 2. The molecule has 5 nitrogen and oxygen atoms in total. The Morgan fingerprint density at radius 2 is 1.78 bits per heavy atom. The fourth-order valence-corrected chi connectivity index (χ4v) is 1.69. The van der Waals surface area contributed by atoms with E-state index in [1.165, 1.54) is 6.92 Å². The molecule has 1 atom stereocenters. The number of hydrogen-bond donors (Lipinski definition) is 2. The molecule has 5 heteroatoms. The molecule has 0 radical (unpaired) electrons. The van der Waals surface area contributed by atoms with Crippen molar-refractivity contribution in [1.29, 1.82) is 0 Å². The minimum absolute atomic E-state index is 0.445. The molecule has 98 valence electrons. The van der Waals surface area contributed by atoms with Crippen LogP contribution in [0.1, 0.15) is 25.8 Å². The van der Waals surface area contributed by atoms with Crippen molar-refractivity contribution in [2.24, 2.45) is 0 Å². The molecule has 0 amide bonds. The second kappa shape index (κ2) is 5.53. The van der Waals surface area contributed by atoms with Crippen LogP contribution in [0.2, 0.25) is 0 Å². The third-order valence-electron chi connectivity index (χ3n) is 2.78. The summed E-state index contributed by atoms with van der Waals surface area (Å²) in [7, 11) is 0. The number of aliphatic carboxylic acids is 2. The van der Waals surface area contributed by atoms with E-state index in [4.69, 9.17) is 9.84 Å². The highest BCUT2D eigenvalue weighted by Crippen LogP contribution is 2.29. The van der Waals surface area contributed by atoms with Gasteiger partial charge in [-0.05, 0) is 31.5 Å². The van der Waals surface area contributed by atoms with Crippen LogP contribution in [0, 0.1) is 0 Å². The third kappa shape index (κ3) is 3.00. The minimum Gasteiger partial charge on any atom is -0.494 e. The van der Waals surface area contributed by atoms with Gasteiger partial charge in [0.2, 0.25) is 0 Å². The normalized spacial score (nSPS) is 13.7. The van der Waals surface area contributed by atoms with Crippen LogP contribution < -0.4 is 4.74 Å². The third-order valence-corrected chi connectivity index (χ3v) is 2.78. The maximum absolute atomic E-state index is 11.3. The van der Waals surface area contributed by atoms with Crippen LogP contribution >= 0.6 is 0 Å². The topological polar surface area (TPSA) is 83.8 Å². The number of carboxylic acid groups (broad SMARTS) is 2. The largest absolute Gasteiger partial charge is 0.494 e. The molecule has 0 saturated heterocycles. The van der Waals surface area contributed by atoms with Gasteiger partial charge in [-0.3, -0.25) is 9.59 Å². The molecule has 0 heterocycles. The first kappa shape index (κ1) is 14.0. The molecule has 1 rings (SSSR count). The average Bonchev–Trinajstić information content (AvgIpc) is 2.29. The highest BCUT2D eigenvalue weighted by Gasteiger charge is 2.37. The van der Waals surface area contributed by atoms with Gasteiger partial charge in [0.15, 0.2) is 0 Å². The van der Waals surface area contributed by atoms with Crippen molar-refractivity contribution in [2.75, 3.05) is 6.61 Å². The maximum atomic E-state index is 11.3. The van der Waals surface area contributed by atoms with Crippen LogP contribution in [-0.2, 0) is 15.0 Å². The fraction of sp³-hybridized carbons (Fsp3) is 0.385. The van der Waals surface area contributed by atoms with E-state index in [1.807, 2.05) is 6.92 Å². The van der Waals surface area contributed by atoms with Gasteiger partial charge in [0.25, 0.3) is 0 Å². The van der Waals surface area contributed by atoms with E-state index >= 15 is 0 Å². The zero-order chi connectivity index (χ0) is 13.8. The van der Waals surface area contributed by atoms with E-state index in [0.29, 0.717) is 17.9 Å². The molecule has 2 N–H and O–H groups in total. The Bertz CT molecular complexity index is 437. The summed E-state index contributed by atoms with van der Waals surface area (Å²) in [6, 6.07) is 6.45. The molecule has 18 heavy (non-hydrogen) atoms. The van der Waals surface area contributed by atoms with Crippen LogP contribution in [0.3, 0.4) is 0 Å². The van der Waals surface area contributed by atoms with Crippen molar-refractivity contribution >= 4 is 11.9 Å². The van der Waals surface area contributed by atoms with E-state index in [-0.39, 0.29) is 0 Å². The van der Waals surface area contributed by atoms with E-state index in [9.17, 15) is 14.7 Å². The predicted molar refractivity (Wildman–Crippen MR) is 64.9 cm³/mol. The summed E-state index contributed by atoms with van der Waals surface area (Å²) >= 11 is 0. The van der Waals surface area contributed by atoms with Gasteiger partial charge in [0.05, 0.1) is 13.0 Å². The Morgan fingerprint density at radius 3 is 2.17 bits per heavy atom. The molecule has 0 spiro atoms. The first-order chi connectivity index (χ1) is 8.40. The number of benzene rings is 1. The second-order valence-corrected chi connectivity index (χ2v) is 4.17. The van der Waals surface area contributed by atoms with E-state index in [2.05, 4.69) is 0 Å². The zero-order valence-corrected chi connectivity index (χ0v) is 10.3. The van der Waals surface area contributed by atoms with Crippen molar-refractivity contribution in [2.45, 2.75) is 25.7 Å². The summed E-state index contributed by atoms with van der Waals surface area (Å²) in [4.78, 5) is 22.0. The smallest absolute Gasteiger partial charge is 0.314 e. The standard InChI is InChI=1S/C13H16O5/c1-3-18-10-6-4-9(5-7-10)13(2,12(16)17)8-11(14)15/h4-7H,3,8H2,1-2H3,(H,14,15)(H,16,17). The number of carboxylic acids is 2. The molecular weight excluding hydrogens is 236 g/mol. The summed E-state index contributed by atoms with van der Waals surface area (Å²) in [5.74, 6) is -1.67. The lowest BCUT2D eigenvalue weighted by atomic mass is 9.79. The van der Waals surface area contributed by atoms with Crippen LogP contribution in [0.25, 0.3) is 0 Å². The SMILES string of the molecule is CCOc1ccc(C(C)(CC(=O)O)C(=O)O)cc1. The second-order valence-electron chi connectivity index (χ2n) is 4.17. The fourth-order valence-electron chi connectivity index (χ4n) is 1.69. The number of rotatable bonds is 6. The quantitative estimate of drug-likeness (QED) is 0.807. The Balaban J connectivity index is 3.06. The Kier molecular flexibility index (Phi) is 4.31. The van der Waals surface area contributed by atoms with Crippen molar-refractivity contribution < 1.29 is 24.5 Å². The van der Waals surface area contributed by atoms with Crippen molar-refractivity contribution in [3.8, 4) is 5.75 Å². The molecule has 1 aromatic carbocycles. The first-order valence-corrected chi connectivity index (χ1v) is 5.58. The van der Waals surface area contributed by atoms with Gasteiger partial charge >= 0.3 is 11.9 Å². The molecule has 0 aromatic heterocycles. The highest BCUT2D eigenvalue weighted by molar-refractivity contribution is 5.86. The van der Waals surface area contributed by atoms with Gasteiger partial charge in [0.1, 0.15) is 11.2 Å². The summed E-state index contributed by atoms with van der Waals surface area (Å²) in [6.45, 7) is 3.77. The first-order valence-electron chi connectivity index (χ1n) is 5.58. The molecule has 0 saturated carbocycles. The average molecular weight is 252 g/mol. The Morgan fingerprint density at radius 1 is 1.22 bits per heavy atom. The molecule has 0 fully saturated rings. The minimum atomic E-state index is -1.43. The lowest BCUT2D eigenvalue weighted by Gasteiger charge is -2.23. The van der Waals surface area contributed by atoms with Crippen molar-refractivity contribution in [1.82, 2.24) is 0 Å². The Labute approximate surface area is 105 Å². The van der Waals surface area contributed by atoms with E-state index in [1.54, 1.807) is 24.3 Å². The van der Waals surface area contributed by atoms with Gasteiger partial charge in [-0.25, -0.2) is 0 Å². The molecule has 0 bridgehead atoms. The van der Waals surface area contributed by atoms with Gasteiger partial charge in [0, 0.05) is 0 Å². The van der Waals surface area contributed by atoms with E-state index < -0.39 is 23.8 Å². The van der Waals surface area contributed by atoms with Crippen molar-refractivity contribution in [3.63, 3.8) is 0 Å². The predicted octanol–water partition coefficient (Wildman–Crippen LogP) is 1.90. The summed E-state index contributed by atoms with van der Waals surface area (Å²) in [5.41, 5.74) is -0.989. The van der Waals surface area contributed by atoms with Gasteiger partial charge in [-0.2, -0.15) is 0 Å².